The summed E-state index contributed by atoms with van der Waals surface area (Å²) in [5.41, 5.74) is 5.94. The van der Waals surface area contributed by atoms with Crippen LogP contribution in [0.3, 0.4) is 0 Å². The zero-order chi connectivity index (χ0) is 23.9. The summed E-state index contributed by atoms with van der Waals surface area (Å²) in [6.45, 7) is 0.716. The largest absolute Gasteiger partial charge is 0.336 e. The molecule has 5 heterocycles. The van der Waals surface area contributed by atoms with Crippen LogP contribution in [0, 0.1) is 5.82 Å². The van der Waals surface area contributed by atoms with Crippen LogP contribution in [0.4, 0.5) is 4.39 Å². The van der Waals surface area contributed by atoms with Crippen LogP contribution < -0.4 is 0 Å². The van der Waals surface area contributed by atoms with Crippen molar-refractivity contribution in [1.29, 1.82) is 0 Å². The van der Waals surface area contributed by atoms with Crippen molar-refractivity contribution in [3.05, 3.63) is 78.6 Å². The number of nitrogens with one attached hydrogen (secondary N) is 2. The van der Waals surface area contributed by atoms with Crippen molar-refractivity contribution in [2.24, 2.45) is 0 Å². The summed E-state index contributed by atoms with van der Waals surface area (Å²) in [5.74, 6) is 0.0746. The van der Waals surface area contributed by atoms with E-state index in [1.807, 2.05) is 55.4 Å². The highest BCUT2D eigenvalue weighted by atomic mass is 19.1. The standard InChI is InChI=1S/C26H21FN8/c1-35(2)14-15-11-16(13-28-12-15)17-6-7-18-21(22(17)27)25(34-33-18)26-31-20-8-10-30-23(24(20)32-26)19-5-3-4-9-29-19/h3-13H,14H2,1-2H3,(H,31,32)(H,33,34). The van der Waals surface area contributed by atoms with Gasteiger partial charge in [-0.3, -0.25) is 20.1 Å². The lowest BCUT2D eigenvalue weighted by Gasteiger charge is -2.11. The molecule has 2 N–H and O–H groups in total. The first-order valence-electron chi connectivity index (χ1n) is 11.1. The van der Waals surface area contributed by atoms with E-state index in [1.165, 1.54) is 0 Å². The van der Waals surface area contributed by atoms with E-state index in [4.69, 9.17) is 4.98 Å². The number of imidazole rings is 1. The molecule has 0 atom stereocenters. The van der Waals surface area contributed by atoms with E-state index in [2.05, 4.69) is 30.1 Å². The first-order chi connectivity index (χ1) is 17.1. The molecule has 0 aliphatic carbocycles. The van der Waals surface area contributed by atoms with Crippen molar-refractivity contribution in [3.63, 3.8) is 0 Å². The monoisotopic (exact) mass is 464 g/mol. The van der Waals surface area contributed by atoms with Gasteiger partial charge in [-0.05, 0) is 56.1 Å². The second-order valence-electron chi connectivity index (χ2n) is 8.60. The molecule has 0 spiro atoms. The smallest absolute Gasteiger partial charge is 0.159 e. The Balaban J connectivity index is 1.49. The van der Waals surface area contributed by atoms with E-state index in [0.29, 0.717) is 57.0 Å². The molecule has 0 saturated heterocycles. The highest BCUT2D eigenvalue weighted by Crippen LogP contribution is 2.34. The zero-order valence-corrected chi connectivity index (χ0v) is 19.1. The molecule has 0 saturated carbocycles. The summed E-state index contributed by atoms with van der Waals surface area (Å²) in [6, 6.07) is 13.0. The highest BCUT2D eigenvalue weighted by Gasteiger charge is 2.21. The number of fused-ring (bicyclic) bond motifs is 2. The molecule has 0 fully saturated rings. The molecular formula is C26H21FN8. The predicted octanol–water partition coefficient (Wildman–Crippen LogP) is 4.83. The molecule has 172 valence electrons. The molecule has 0 aliphatic heterocycles. The summed E-state index contributed by atoms with van der Waals surface area (Å²) in [7, 11) is 3.97. The minimum Gasteiger partial charge on any atom is -0.336 e. The van der Waals surface area contributed by atoms with Crippen LogP contribution in [-0.2, 0) is 6.54 Å². The topological polar surface area (TPSA) is 99.3 Å². The molecule has 6 rings (SSSR count). The van der Waals surface area contributed by atoms with Crippen LogP contribution in [0.25, 0.3) is 56.0 Å². The Bertz CT molecular complexity index is 1670. The number of halogens is 1. The van der Waals surface area contributed by atoms with Gasteiger partial charge in [0.15, 0.2) is 5.82 Å². The van der Waals surface area contributed by atoms with E-state index in [1.54, 1.807) is 30.9 Å². The van der Waals surface area contributed by atoms with E-state index in [9.17, 15) is 0 Å². The maximum atomic E-state index is 16.0. The van der Waals surface area contributed by atoms with Crippen LogP contribution in [0.15, 0.2) is 67.3 Å². The van der Waals surface area contributed by atoms with Crippen molar-refractivity contribution < 1.29 is 4.39 Å². The normalized spacial score (nSPS) is 11.7. The fourth-order valence-corrected chi connectivity index (χ4v) is 4.29. The molecular weight excluding hydrogens is 443 g/mol. The Labute approximate surface area is 199 Å². The Morgan fingerprint density at radius 3 is 2.69 bits per heavy atom. The van der Waals surface area contributed by atoms with Gasteiger partial charge in [0.2, 0.25) is 0 Å². The third kappa shape index (κ3) is 3.71. The average molecular weight is 465 g/mol. The summed E-state index contributed by atoms with van der Waals surface area (Å²) >= 11 is 0. The number of hydrogen-bond acceptors (Lipinski definition) is 6. The number of H-pyrrole nitrogens is 2. The lowest BCUT2D eigenvalue weighted by atomic mass is 10.0. The molecule has 0 unspecified atom stereocenters. The number of pyridine rings is 3. The molecule has 0 amide bonds. The molecule has 0 radical (unpaired) electrons. The van der Waals surface area contributed by atoms with Crippen molar-refractivity contribution in [1.82, 2.24) is 40.0 Å². The van der Waals surface area contributed by atoms with E-state index in [0.717, 1.165) is 11.1 Å². The van der Waals surface area contributed by atoms with Gasteiger partial charge >= 0.3 is 0 Å². The van der Waals surface area contributed by atoms with Crippen LogP contribution in [0.2, 0.25) is 0 Å². The summed E-state index contributed by atoms with van der Waals surface area (Å²) in [6.07, 6.45) is 6.88. The number of benzene rings is 1. The van der Waals surface area contributed by atoms with Crippen molar-refractivity contribution >= 4 is 21.9 Å². The third-order valence-electron chi connectivity index (χ3n) is 5.80. The number of rotatable bonds is 5. The SMILES string of the molecule is CN(C)Cc1cncc(-c2ccc3[nH]nc(-c4nc5c(-c6ccccn6)nccc5[nH]4)c3c2F)c1. The Hall–Kier alpha value is -4.50. The van der Waals surface area contributed by atoms with Gasteiger partial charge in [0.1, 0.15) is 22.7 Å². The maximum absolute atomic E-state index is 16.0. The van der Waals surface area contributed by atoms with Gasteiger partial charge in [0, 0.05) is 42.5 Å². The predicted molar refractivity (Wildman–Crippen MR) is 133 cm³/mol. The Morgan fingerprint density at radius 2 is 1.86 bits per heavy atom. The second kappa shape index (κ2) is 8.37. The van der Waals surface area contributed by atoms with Crippen LogP contribution in [0.5, 0.6) is 0 Å². The minimum absolute atomic E-state index is 0.368. The second-order valence-corrected chi connectivity index (χ2v) is 8.60. The third-order valence-corrected chi connectivity index (χ3v) is 5.80. The lowest BCUT2D eigenvalue weighted by Crippen LogP contribution is -2.10. The van der Waals surface area contributed by atoms with E-state index < -0.39 is 0 Å². The van der Waals surface area contributed by atoms with E-state index in [-0.39, 0.29) is 5.82 Å². The summed E-state index contributed by atoms with van der Waals surface area (Å²) in [5, 5.41) is 7.70. The number of aromatic amines is 2. The van der Waals surface area contributed by atoms with Gasteiger partial charge < -0.3 is 9.88 Å². The fourth-order valence-electron chi connectivity index (χ4n) is 4.29. The fraction of sp³-hybridized carbons (Fsp3) is 0.115. The molecule has 0 aliphatic rings. The van der Waals surface area contributed by atoms with Gasteiger partial charge in [-0.2, -0.15) is 5.10 Å². The number of aromatic nitrogens is 7. The molecule has 9 heteroatoms. The van der Waals surface area contributed by atoms with Gasteiger partial charge in [-0.1, -0.05) is 6.07 Å². The first kappa shape index (κ1) is 21.1. The summed E-state index contributed by atoms with van der Waals surface area (Å²) in [4.78, 5) is 23.3. The average Bonchev–Trinajstić information content (AvgIpc) is 3.49. The Morgan fingerprint density at radius 1 is 0.943 bits per heavy atom. The number of hydrogen-bond donors (Lipinski definition) is 2. The van der Waals surface area contributed by atoms with Crippen LogP contribution in [-0.4, -0.2) is 54.1 Å². The quantitative estimate of drug-likeness (QED) is 0.379. The molecule has 8 nitrogen and oxygen atoms in total. The van der Waals surface area contributed by atoms with Crippen molar-refractivity contribution in [2.75, 3.05) is 14.1 Å². The molecule has 6 aromatic rings. The minimum atomic E-state index is -0.376. The van der Waals surface area contributed by atoms with Crippen molar-refractivity contribution in [3.8, 4) is 34.0 Å². The molecule has 0 bridgehead atoms. The summed E-state index contributed by atoms with van der Waals surface area (Å²) < 4.78 is 16.0. The van der Waals surface area contributed by atoms with Crippen LogP contribution >= 0.6 is 0 Å². The zero-order valence-electron chi connectivity index (χ0n) is 19.1. The van der Waals surface area contributed by atoms with Gasteiger partial charge in [-0.15, -0.1) is 0 Å². The van der Waals surface area contributed by atoms with Gasteiger partial charge in [-0.25, -0.2) is 9.37 Å². The molecule has 5 aromatic heterocycles. The van der Waals surface area contributed by atoms with Crippen LogP contribution in [0.1, 0.15) is 5.56 Å². The van der Waals surface area contributed by atoms with E-state index >= 15 is 4.39 Å². The highest BCUT2D eigenvalue weighted by molar-refractivity contribution is 5.97. The Kier molecular flexibility index (Phi) is 5.04. The van der Waals surface area contributed by atoms with Gasteiger partial charge in [0.05, 0.1) is 22.1 Å². The number of nitrogens with zero attached hydrogens (tertiary/aromatic N) is 6. The maximum Gasteiger partial charge on any atom is 0.159 e. The van der Waals surface area contributed by atoms with Gasteiger partial charge in [0.25, 0.3) is 0 Å². The molecule has 1 aromatic carbocycles. The molecule has 35 heavy (non-hydrogen) atoms. The first-order valence-corrected chi connectivity index (χ1v) is 11.1. The lowest BCUT2D eigenvalue weighted by molar-refractivity contribution is 0.402. The van der Waals surface area contributed by atoms with Crippen molar-refractivity contribution in [2.45, 2.75) is 6.54 Å².